The fourth-order valence-electron chi connectivity index (χ4n) is 5.45. The molecule has 3 atom stereocenters. The number of hydrogen-bond acceptors (Lipinski definition) is 6. The van der Waals surface area contributed by atoms with Gasteiger partial charge in [0.2, 0.25) is 5.91 Å². The van der Waals surface area contributed by atoms with Crippen molar-refractivity contribution in [1.82, 2.24) is 5.32 Å². The Bertz CT molecular complexity index is 1540. The molecule has 0 saturated carbocycles. The van der Waals surface area contributed by atoms with Gasteiger partial charge in [-0.2, -0.15) is 0 Å². The predicted octanol–water partition coefficient (Wildman–Crippen LogP) is 7.83. The van der Waals surface area contributed by atoms with Crippen LogP contribution in [0.1, 0.15) is 73.2 Å². The highest BCUT2D eigenvalue weighted by Gasteiger charge is 2.32. The monoisotopic (exact) mass is 639 g/mol. The summed E-state index contributed by atoms with van der Waals surface area (Å²) in [6.45, 7) is 0.446. The van der Waals surface area contributed by atoms with E-state index in [1.54, 1.807) is 11.8 Å². The highest BCUT2D eigenvalue weighted by atomic mass is 32.2. The van der Waals surface area contributed by atoms with Crippen LogP contribution in [0.25, 0.3) is 11.1 Å². The van der Waals surface area contributed by atoms with Crippen LogP contribution >= 0.6 is 11.8 Å². The zero-order chi connectivity index (χ0) is 32.1. The lowest BCUT2D eigenvalue weighted by Crippen LogP contribution is -2.31. The minimum Gasteiger partial charge on any atom is -0.481 e. The van der Waals surface area contributed by atoms with E-state index in [1.807, 2.05) is 54.6 Å². The number of rotatable bonds is 15. The molecule has 3 N–H and O–H groups in total. The third kappa shape index (κ3) is 10.0. The first-order valence-corrected chi connectivity index (χ1v) is 16.8. The summed E-state index contributed by atoms with van der Waals surface area (Å²) in [4.78, 5) is 24.1. The van der Waals surface area contributed by atoms with Crippen LogP contribution in [0.15, 0.2) is 108 Å². The first-order valence-electron chi connectivity index (χ1n) is 15.8. The van der Waals surface area contributed by atoms with Crippen LogP contribution in [-0.2, 0) is 32.2 Å². The largest absolute Gasteiger partial charge is 0.481 e. The lowest BCUT2D eigenvalue weighted by atomic mass is 9.99. The van der Waals surface area contributed by atoms with Gasteiger partial charge in [-0.3, -0.25) is 9.59 Å². The van der Waals surface area contributed by atoms with Gasteiger partial charge in [0.15, 0.2) is 6.29 Å². The quantitative estimate of drug-likeness (QED) is 0.0899. The van der Waals surface area contributed by atoms with Gasteiger partial charge in [-0.1, -0.05) is 91.3 Å². The number of nitrogens with one attached hydrogen (secondary N) is 1. The number of unbranched alkanes of at least 4 members (excludes halogenated alkanes) is 2. The Morgan fingerprint density at radius 2 is 1.50 bits per heavy atom. The molecule has 5 rings (SSSR count). The highest BCUT2D eigenvalue weighted by molar-refractivity contribution is 7.99. The molecule has 0 aliphatic carbocycles. The Labute approximate surface area is 275 Å². The topological polar surface area (TPSA) is 105 Å². The third-order valence-corrected chi connectivity index (χ3v) is 9.17. The molecule has 1 saturated heterocycles. The number of carbonyl (C=O) groups is 2. The van der Waals surface area contributed by atoms with Crippen molar-refractivity contribution in [2.45, 2.75) is 75.1 Å². The van der Waals surface area contributed by atoms with E-state index in [2.05, 4.69) is 53.8 Å². The summed E-state index contributed by atoms with van der Waals surface area (Å²) >= 11 is 1.78. The van der Waals surface area contributed by atoms with Crippen LogP contribution < -0.4 is 5.32 Å². The first kappa shape index (κ1) is 33.4. The van der Waals surface area contributed by atoms with E-state index in [0.29, 0.717) is 25.8 Å². The number of ether oxygens (including phenoxy) is 2. The van der Waals surface area contributed by atoms with Crippen molar-refractivity contribution in [3.05, 3.63) is 125 Å². The molecule has 4 aromatic rings. The minimum atomic E-state index is -0.799. The van der Waals surface area contributed by atoms with E-state index in [0.717, 1.165) is 52.0 Å². The zero-order valence-electron chi connectivity index (χ0n) is 25.8. The molecule has 1 aliphatic heterocycles. The number of aliphatic carboxylic acids is 1. The number of amides is 1. The van der Waals surface area contributed by atoms with Gasteiger partial charge in [0.05, 0.1) is 18.8 Å². The number of thioether (sulfide) groups is 1. The number of aliphatic hydroxyl groups excluding tert-OH is 1. The van der Waals surface area contributed by atoms with Gasteiger partial charge in [-0.15, -0.1) is 11.8 Å². The molecule has 4 aromatic carbocycles. The molecule has 8 heteroatoms. The lowest BCUT2D eigenvalue weighted by Gasteiger charge is -2.36. The van der Waals surface area contributed by atoms with Crippen LogP contribution in [0.5, 0.6) is 0 Å². The van der Waals surface area contributed by atoms with Gasteiger partial charge in [0.1, 0.15) is 0 Å². The first-order chi connectivity index (χ1) is 22.5. The van der Waals surface area contributed by atoms with Crippen molar-refractivity contribution in [1.29, 1.82) is 0 Å². The number of aliphatic hydroxyl groups is 1. The lowest BCUT2D eigenvalue weighted by molar-refractivity contribution is -0.245. The molecular formula is C38H41NO6S. The molecule has 1 heterocycles. The van der Waals surface area contributed by atoms with E-state index in [1.165, 1.54) is 4.90 Å². The number of carboxylic acid groups (broad SMARTS) is 1. The maximum absolute atomic E-state index is 12.3. The molecule has 0 aromatic heterocycles. The smallest absolute Gasteiger partial charge is 0.303 e. The normalized spacial score (nSPS) is 17.8. The average molecular weight is 640 g/mol. The summed E-state index contributed by atoms with van der Waals surface area (Å²) < 4.78 is 13.0. The second kappa shape index (κ2) is 17.1. The van der Waals surface area contributed by atoms with Crippen LogP contribution in [0.4, 0.5) is 0 Å². The zero-order valence-corrected chi connectivity index (χ0v) is 26.7. The van der Waals surface area contributed by atoms with Crippen LogP contribution in [0.3, 0.4) is 0 Å². The maximum Gasteiger partial charge on any atom is 0.303 e. The Balaban J connectivity index is 1.21. The summed E-state index contributed by atoms with van der Waals surface area (Å²) in [5, 5.41) is 21.2. The number of carbonyl (C=O) groups excluding carboxylic acids is 1. The second-order valence-corrected chi connectivity index (χ2v) is 12.6. The summed E-state index contributed by atoms with van der Waals surface area (Å²) in [6, 6.07) is 34.7. The summed E-state index contributed by atoms with van der Waals surface area (Å²) in [5.41, 5.74) is 6.00. The Morgan fingerprint density at radius 3 is 2.24 bits per heavy atom. The van der Waals surface area contributed by atoms with Gasteiger partial charge >= 0.3 is 5.97 Å². The highest BCUT2D eigenvalue weighted by Crippen LogP contribution is 2.40. The fourth-order valence-corrected chi connectivity index (χ4v) is 6.39. The van der Waals surface area contributed by atoms with Gasteiger partial charge in [0.25, 0.3) is 0 Å². The molecular weight excluding hydrogens is 598 g/mol. The van der Waals surface area contributed by atoms with E-state index < -0.39 is 12.3 Å². The summed E-state index contributed by atoms with van der Waals surface area (Å²) in [6.07, 6.45) is 2.62. The van der Waals surface area contributed by atoms with Crippen molar-refractivity contribution in [3.63, 3.8) is 0 Å². The number of benzene rings is 4. The summed E-state index contributed by atoms with van der Waals surface area (Å²) in [5.74, 6) is -0.0193. The molecule has 1 amide bonds. The van der Waals surface area contributed by atoms with E-state index in [4.69, 9.17) is 14.6 Å². The van der Waals surface area contributed by atoms with Gasteiger partial charge in [-0.25, -0.2) is 0 Å². The molecule has 0 radical (unpaired) electrons. The van der Waals surface area contributed by atoms with Crippen molar-refractivity contribution in [2.75, 3.05) is 5.75 Å². The van der Waals surface area contributed by atoms with Crippen LogP contribution in [-0.4, -0.2) is 33.9 Å². The van der Waals surface area contributed by atoms with E-state index in [9.17, 15) is 14.7 Å². The fraction of sp³-hybridized carbons (Fsp3) is 0.316. The van der Waals surface area contributed by atoms with Crippen molar-refractivity contribution < 1.29 is 29.3 Å². The molecule has 0 spiro atoms. The van der Waals surface area contributed by atoms with Gasteiger partial charge in [-0.05, 0) is 58.9 Å². The minimum absolute atomic E-state index is 0.00928. The molecule has 240 valence electrons. The standard InChI is InChI=1S/C38H41NO6S/c40-25-27-14-16-30(17-15-27)35-23-33(26-46-34-10-3-1-4-11-34)44-38(45-35)31-20-18-29(19-21-31)32-9-7-8-28(22-32)24-39-36(41)12-5-2-6-13-37(42)43/h1,3-4,7-11,14-22,33,35,38,40H,2,5-6,12-13,23-26H2,(H,39,41)(H,42,43)/t33-,35+,38+/m0/s1. The summed E-state index contributed by atoms with van der Waals surface area (Å²) in [7, 11) is 0. The second-order valence-electron chi connectivity index (χ2n) is 11.5. The Kier molecular flexibility index (Phi) is 12.4. The predicted molar refractivity (Wildman–Crippen MR) is 180 cm³/mol. The molecule has 46 heavy (non-hydrogen) atoms. The SMILES string of the molecule is O=C(O)CCCCCC(=O)NCc1cccc(-c2ccc([C@@H]3O[C@H](CSc4ccccc4)C[C@H](c4ccc(CO)cc4)O3)cc2)c1. The van der Waals surface area contributed by atoms with Gasteiger partial charge in [0, 0.05) is 42.0 Å². The number of carboxylic acids is 1. The molecule has 1 aliphatic rings. The average Bonchev–Trinajstić information content (AvgIpc) is 3.10. The Morgan fingerprint density at radius 1 is 0.761 bits per heavy atom. The number of hydrogen-bond donors (Lipinski definition) is 3. The van der Waals surface area contributed by atoms with Gasteiger partial charge < -0.3 is 25.0 Å². The molecule has 0 bridgehead atoms. The third-order valence-electron chi connectivity index (χ3n) is 8.02. The molecule has 1 fully saturated rings. The maximum atomic E-state index is 12.3. The van der Waals surface area contributed by atoms with Crippen LogP contribution in [0, 0.1) is 0 Å². The Hall–Kier alpha value is -3.95. The van der Waals surface area contributed by atoms with Crippen molar-refractivity contribution in [2.24, 2.45) is 0 Å². The molecule has 7 nitrogen and oxygen atoms in total. The van der Waals surface area contributed by atoms with E-state index in [-0.39, 0.29) is 31.1 Å². The van der Waals surface area contributed by atoms with E-state index >= 15 is 0 Å². The van der Waals surface area contributed by atoms with Crippen molar-refractivity contribution in [3.8, 4) is 11.1 Å². The van der Waals surface area contributed by atoms with Crippen LogP contribution in [0.2, 0.25) is 0 Å². The molecule has 0 unspecified atom stereocenters. The van der Waals surface area contributed by atoms with Crippen molar-refractivity contribution >= 4 is 23.6 Å².